The SMILES string of the molecule is Cc1cc(C(=O)N(C)c2ccccc2)nc(Nc2ccccc2C#N)n1. The Kier molecular flexibility index (Phi) is 4.90. The highest BCUT2D eigenvalue weighted by molar-refractivity contribution is 6.04. The van der Waals surface area contributed by atoms with Crippen molar-refractivity contribution in [3.63, 3.8) is 0 Å². The van der Waals surface area contributed by atoms with E-state index in [1.54, 1.807) is 38.2 Å². The van der Waals surface area contributed by atoms with E-state index in [1.807, 2.05) is 36.4 Å². The highest BCUT2D eigenvalue weighted by atomic mass is 16.2. The average Bonchev–Trinajstić information content (AvgIpc) is 2.67. The van der Waals surface area contributed by atoms with Gasteiger partial charge in [-0.1, -0.05) is 30.3 Å². The number of nitrogens with zero attached hydrogens (tertiary/aromatic N) is 4. The second kappa shape index (κ2) is 7.45. The van der Waals surface area contributed by atoms with E-state index in [1.165, 1.54) is 4.90 Å². The van der Waals surface area contributed by atoms with Crippen LogP contribution in [0.4, 0.5) is 17.3 Å². The number of hydrogen-bond donors (Lipinski definition) is 1. The molecule has 0 spiro atoms. The molecule has 0 bridgehead atoms. The van der Waals surface area contributed by atoms with Crippen LogP contribution in [-0.4, -0.2) is 22.9 Å². The predicted molar refractivity (Wildman–Crippen MR) is 100 cm³/mol. The number of amides is 1. The summed E-state index contributed by atoms with van der Waals surface area (Å²) in [5, 5.41) is 12.2. The van der Waals surface area contributed by atoms with Crippen molar-refractivity contribution in [1.29, 1.82) is 5.26 Å². The Morgan fingerprint density at radius 1 is 1.08 bits per heavy atom. The lowest BCUT2D eigenvalue weighted by Gasteiger charge is -2.17. The second-order valence-corrected chi connectivity index (χ2v) is 5.70. The number of anilines is 3. The molecule has 1 amide bonds. The zero-order valence-electron chi connectivity index (χ0n) is 14.5. The number of nitrogens with one attached hydrogen (secondary N) is 1. The van der Waals surface area contributed by atoms with Crippen LogP contribution in [0.1, 0.15) is 21.7 Å². The Morgan fingerprint density at radius 3 is 2.50 bits per heavy atom. The van der Waals surface area contributed by atoms with Crippen molar-refractivity contribution < 1.29 is 4.79 Å². The van der Waals surface area contributed by atoms with Gasteiger partial charge in [-0.3, -0.25) is 4.79 Å². The van der Waals surface area contributed by atoms with E-state index in [0.717, 1.165) is 5.69 Å². The normalized spacial score (nSPS) is 10.0. The van der Waals surface area contributed by atoms with Gasteiger partial charge in [0.2, 0.25) is 5.95 Å². The average molecular weight is 343 g/mol. The fraction of sp³-hybridized carbons (Fsp3) is 0.100. The van der Waals surface area contributed by atoms with Crippen LogP contribution in [-0.2, 0) is 0 Å². The fourth-order valence-electron chi connectivity index (χ4n) is 2.48. The van der Waals surface area contributed by atoms with Crippen LogP contribution in [0.15, 0.2) is 60.7 Å². The second-order valence-electron chi connectivity index (χ2n) is 5.70. The van der Waals surface area contributed by atoms with Crippen LogP contribution in [0.25, 0.3) is 0 Å². The first-order valence-electron chi connectivity index (χ1n) is 8.03. The summed E-state index contributed by atoms with van der Waals surface area (Å²) in [5.41, 5.74) is 2.78. The van der Waals surface area contributed by atoms with Gasteiger partial charge in [-0.15, -0.1) is 0 Å². The minimum Gasteiger partial charge on any atom is -0.323 e. The molecule has 0 unspecified atom stereocenters. The third kappa shape index (κ3) is 3.68. The van der Waals surface area contributed by atoms with Crippen LogP contribution in [0.2, 0.25) is 0 Å². The maximum Gasteiger partial charge on any atom is 0.276 e. The molecule has 6 nitrogen and oxygen atoms in total. The van der Waals surface area contributed by atoms with Crippen LogP contribution in [0.3, 0.4) is 0 Å². The van der Waals surface area contributed by atoms with E-state index >= 15 is 0 Å². The molecule has 3 rings (SSSR count). The number of para-hydroxylation sites is 2. The molecular weight excluding hydrogens is 326 g/mol. The summed E-state index contributed by atoms with van der Waals surface area (Å²) in [6, 6.07) is 20.2. The maximum atomic E-state index is 12.8. The third-order valence-electron chi connectivity index (χ3n) is 3.82. The van der Waals surface area contributed by atoms with E-state index in [0.29, 0.717) is 16.9 Å². The zero-order chi connectivity index (χ0) is 18.5. The van der Waals surface area contributed by atoms with Crippen LogP contribution in [0, 0.1) is 18.3 Å². The number of carbonyl (C=O) groups is 1. The smallest absolute Gasteiger partial charge is 0.276 e. The summed E-state index contributed by atoms with van der Waals surface area (Å²) in [7, 11) is 1.70. The summed E-state index contributed by atoms with van der Waals surface area (Å²) < 4.78 is 0. The van der Waals surface area contributed by atoms with Gasteiger partial charge in [0.25, 0.3) is 5.91 Å². The fourth-order valence-corrected chi connectivity index (χ4v) is 2.48. The number of aromatic nitrogens is 2. The number of nitriles is 1. The van der Waals surface area contributed by atoms with Crippen molar-refractivity contribution in [2.75, 3.05) is 17.3 Å². The Bertz CT molecular complexity index is 979. The molecule has 2 aromatic carbocycles. The van der Waals surface area contributed by atoms with Crippen molar-refractivity contribution in [2.45, 2.75) is 6.92 Å². The van der Waals surface area contributed by atoms with E-state index in [-0.39, 0.29) is 17.5 Å². The molecule has 1 aromatic heterocycles. The molecule has 0 radical (unpaired) electrons. The summed E-state index contributed by atoms with van der Waals surface area (Å²) in [4.78, 5) is 23.0. The monoisotopic (exact) mass is 343 g/mol. The summed E-state index contributed by atoms with van der Waals surface area (Å²) in [6.07, 6.45) is 0. The molecule has 1 N–H and O–H groups in total. The van der Waals surface area contributed by atoms with Gasteiger partial charge >= 0.3 is 0 Å². The lowest BCUT2D eigenvalue weighted by atomic mass is 10.2. The van der Waals surface area contributed by atoms with Crippen molar-refractivity contribution in [2.24, 2.45) is 0 Å². The zero-order valence-corrected chi connectivity index (χ0v) is 14.5. The number of benzene rings is 2. The maximum absolute atomic E-state index is 12.8. The number of hydrogen-bond acceptors (Lipinski definition) is 5. The Morgan fingerprint density at radius 2 is 1.77 bits per heavy atom. The quantitative estimate of drug-likeness (QED) is 0.781. The Balaban J connectivity index is 1.90. The van der Waals surface area contributed by atoms with Crippen molar-refractivity contribution in [3.05, 3.63) is 77.6 Å². The van der Waals surface area contributed by atoms with E-state index in [2.05, 4.69) is 21.4 Å². The highest BCUT2D eigenvalue weighted by Gasteiger charge is 2.17. The molecule has 0 aliphatic carbocycles. The first-order chi connectivity index (χ1) is 12.6. The molecule has 128 valence electrons. The van der Waals surface area contributed by atoms with E-state index < -0.39 is 0 Å². The van der Waals surface area contributed by atoms with Crippen LogP contribution < -0.4 is 10.2 Å². The minimum absolute atomic E-state index is 0.238. The first-order valence-corrected chi connectivity index (χ1v) is 8.03. The van der Waals surface area contributed by atoms with Crippen molar-refractivity contribution in [3.8, 4) is 6.07 Å². The molecule has 6 heteroatoms. The van der Waals surface area contributed by atoms with Gasteiger partial charge in [-0.05, 0) is 37.3 Å². The molecular formula is C20H17N5O. The van der Waals surface area contributed by atoms with Gasteiger partial charge in [0, 0.05) is 18.4 Å². The van der Waals surface area contributed by atoms with Gasteiger partial charge in [-0.2, -0.15) is 5.26 Å². The van der Waals surface area contributed by atoms with Gasteiger partial charge in [-0.25, -0.2) is 9.97 Å². The predicted octanol–water partition coefficient (Wildman–Crippen LogP) is 3.68. The molecule has 0 saturated heterocycles. The molecule has 26 heavy (non-hydrogen) atoms. The van der Waals surface area contributed by atoms with Gasteiger partial charge in [0.1, 0.15) is 11.8 Å². The molecule has 0 aliphatic rings. The third-order valence-corrected chi connectivity index (χ3v) is 3.82. The van der Waals surface area contributed by atoms with Crippen LogP contribution >= 0.6 is 0 Å². The summed E-state index contributed by atoms with van der Waals surface area (Å²) in [5.74, 6) is 0.0378. The molecule has 0 fully saturated rings. The van der Waals surface area contributed by atoms with E-state index in [9.17, 15) is 10.1 Å². The van der Waals surface area contributed by atoms with Crippen molar-refractivity contribution >= 4 is 23.2 Å². The number of aryl methyl sites for hydroxylation is 1. The molecule has 0 atom stereocenters. The topological polar surface area (TPSA) is 81.9 Å². The Labute approximate surface area is 151 Å². The summed E-state index contributed by atoms with van der Waals surface area (Å²) >= 11 is 0. The number of rotatable bonds is 4. The standard InChI is InChI=1S/C20H17N5O/c1-14-12-18(19(26)25(2)16-9-4-3-5-10-16)24-20(22-14)23-17-11-7-6-8-15(17)13-21/h3-12H,1-2H3,(H,22,23,24). The lowest BCUT2D eigenvalue weighted by molar-refractivity contribution is 0.0988. The van der Waals surface area contributed by atoms with Crippen molar-refractivity contribution in [1.82, 2.24) is 9.97 Å². The Hall–Kier alpha value is -3.72. The van der Waals surface area contributed by atoms with E-state index in [4.69, 9.17) is 0 Å². The van der Waals surface area contributed by atoms with Gasteiger partial charge in [0.15, 0.2) is 0 Å². The van der Waals surface area contributed by atoms with Gasteiger partial charge in [0.05, 0.1) is 11.3 Å². The molecule has 1 heterocycles. The minimum atomic E-state index is -0.238. The molecule has 0 aliphatic heterocycles. The summed E-state index contributed by atoms with van der Waals surface area (Å²) in [6.45, 7) is 1.79. The highest BCUT2D eigenvalue weighted by Crippen LogP contribution is 2.19. The largest absolute Gasteiger partial charge is 0.323 e. The van der Waals surface area contributed by atoms with Gasteiger partial charge < -0.3 is 10.2 Å². The number of carbonyl (C=O) groups excluding carboxylic acids is 1. The lowest BCUT2D eigenvalue weighted by Crippen LogP contribution is -2.27. The molecule has 3 aromatic rings. The van der Waals surface area contributed by atoms with Crippen LogP contribution in [0.5, 0.6) is 0 Å². The first kappa shape index (κ1) is 17.1. The molecule has 0 saturated carbocycles.